The van der Waals surface area contributed by atoms with Crippen LogP contribution in [0.1, 0.15) is 32.2 Å². The number of anilines is 3. The smallest absolute Gasteiger partial charge is 0.142 e. The maximum Gasteiger partial charge on any atom is 0.142 e. The summed E-state index contributed by atoms with van der Waals surface area (Å²) in [4.78, 5) is 8.85. The third kappa shape index (κ3) is 3.62. The van der Waals surface area contributed by atoms with Crippen LogP contribution in [0.25, 0.3) is 0 Å². The largest absolute Gasteiger partial charge is 0.495 e. The van der Waals surface area contributed by atoms with Crippen LogP contribution in [0.3, 0.4) is 0 Å². The highest BCUT2D eigenvalue weighted by Crippen LogP contribution is 2.29. The average molecular weight is 286 g/mol. The number of nitrogens with zero attached hydrogens (tertiary/aromatic N) is 2. The van der Waals surface area contributed by atoms with Crippen molar-refractivity contribution in [1.82, 2.24) is 9.97 Å². The number of aryl methyl sites for hydroxylation is 1. The zero-order valence-corrected chi connectivity index (χ0v) is 13.2. The standard InChI is InChI=1S/C16H22N4O/c1-10-6-7-12(21-5)11(8-10)18-14-9-13(17)19-15(20-14)16(2,3)4/h6-9H,1-5H3,(H3,17,18,19,20). The molecule has 3 N–H and O–H groups in total. The van der Waals surface area contributed by atoms with Crippen molar-refractivity contribution < 1.29 is 4.74 Å². The molecule has 0 aliphatic rings. The molecular weight excluding hydrogens is 264 g/mol. The van der Waals surface area contributed by atoms with Gasteiger partial charge >= 0.3 is 0 Å². The Balaban J connectivity index is 2.40. The van der Waals surface area contributed by atoms with Crippen LogP contribution in [0.4, 0.5) is 17.3 Å². The lowest BCUT2D eigenvalue weighted by Crippen LogP contribution is -2.17. The van der Waals surface area contributed by atoms with E-state index in [9.17, 15) is 0 Å². The van der Waals surface area contributed by atoms with Crippen LogP contribution in [0.15, 0.2) is 24.3 Å². The number of hydrogen-bond acceptors (Lipinski definition) is 5. The van der Waals surface area contributed by atoms with Crippen molar-refractivity contribution in [2.45, 2.75) is 33.1 Å². The molecule has 5 nitrogen and oxygen atoms in total. The molecule has 2 rings (SSSR count). The second-order valence-electron chi connectivity index (χ2n) is 6.08. The number of methoxy groups -OCH3 is 1. The lowest BCUT2D eigenvalue weighted by Gasteiger charge is -2.18. The van der Waals surface area contributed by atoms with E-state index in [2.05, 4.69) is 36.1 Å². The molecule has 0 spiro atoms. The minimum atomic E-state index is -0.164. The highest BCUT2D eigenvalue weighted by atomic mass is 16.5. The topological polar surface area (TPSA) is 73.1 Å². The van der Waals surface area contributed by atoms with Crippen molar-refractivity contribution in [3.63, 3.8) is 0 Å². The summed E-state index contributed by atoms with van der Waals surface area (Å²) in [7, 11) is 1.64. The van der Waals surface area contributed by atoms with Crippen molar-refractivity contribution in [2.24, 2.45) is 0 Å². The molecule has 1 aromatic carbocycles. The van der Waals surface area contributed by atoms with Gasteiger partial charge in [-0.1, -0.05) is 26.8 Å². The Labute approximate surface area is 125 Å². The molecule has 0 aliphatic heterocycles. The minimum absolute atomic E-state index is 0.164. The van der Waals surface area contributed by atoms with Crippen LogP contribution in [0.5, 0.6) is 5.75 Å². The van der Waals surface area contributed by atoms with Gasteiger partial charge in [-0.15, -0.1) is 0 Å². The maximum absolute atomic E-state index is 5.89. The molecule has 0 amide bonds. The molecule has 2 aromatic rings. The summed E-state index contributed by atoms with van der Waals surface area (Å²) in [5, 5.41) is 3.26. The molecular formula is C16H22N4O. The number of rotatable bonds is 3. The van der Waals surface area contributed by atoms with Gasteiger partial charge in [0, 0.05) is 11.5 Å². The van der Waals surface area contributed by atoms with Crippen LogP contribution in [-0.2, 0) is 5.41 Å². The van der Waals surface area contributed by atoms with Gasteiger partial charge < -0.3 is 15.8 Å². The maximum atomic E-state index is 5.89. The van der Waals surface area contributed by atoms with E-state index in [1.807, 2.05) is 25.1 Å². The first-order valence-corrected chi connectivity index (χ1v) is 6.86. The van der Waals surface area contributed by atoms with Gasteiger partial charge in [0.1, 0.15) is 23.2 Å². The molecule has 5 heteroatoms. The highest BCUT2D eigenvalue weighted by Gasteiger charge is 2.19. The van der Waals surface area contributed by atoms with Crippen molar-refractivity contribution >= 4 is 17.3 Å². The molecule has 0 bridgehead atoms. The van der Waals surface area contributed by atoms with Crippen molar-refractivity contribution in [3.8, 4) is 5.75 Å². The predicted octanol–water partition coefficient (Wildman–Crippen LogP) is 3.42. The predicted molar refractivity (Wildman–Crippen MR) is 86.2 cm³/mol. The van der Waals surface area contributed by atoms with E-state index in [1.165, 1.54) is 0 Å². The molecule has 0 saturated carbocycles. The van der Waals surface area contributed by atoms with Gasteiger partial charge in [-0.05, 0) is 24.6 Å². The zero-order chi connectivity index (χ0) is 15.6. The summed E-state index contributed by atoms with van der Waals surface area (Å²) in [5.74, 6) is 2.58. The number of hydrogen-bond donors (Lipinski definition) is 2. The van der Waals surface area contributed by atoms with Crippen molar-refractivity contribution in [3.05, 3.63) is 35.7 Å². The summed E-state index contributed by atoms with van der Waals surface area (Å²) < 4.78 is 5.36. The van der Waals surface area contributed by atoms with Gasteiger partial charge in [-0.25, -0.2) is 9.97 Å². The molecule has 0 saturated heterocycles. The van der Waals surface area contributed by atoms with E-state index in [4.69, 9.17) is 10.5 Å². The summed E-state index contributed by atoms with van der Waals surface area (Å²) in [6, 6.07) is 7.65. The molecule has 1 heterocycles. The fourth-order valence-electron chi connectivity index (χ4n) is 1.92. The van der Waals surface area contributed by atoms with E-state index in [0.717, 1.165) is 17.0 Å². The Morgan fingerprint density at radius 3 is 2.48 bits per heavy atom. The number of ether oxygens (including phenoxy) is 1. The molecule has 0 fully saturated rings. The first-order chi connectivity index (χ1) is 9.79. The molecule has 0 atom stereocenters. The molecule has 112 valence electrons. The first-order valence-electron chi connectivity index (χ1n) is 6.86. The quantitative estimate of drug-likeness (QED) is 0.904. The fraction of sp³-hybridized carbons (Fsp3) is 0.375. The Bertz CT molecular complexity index is 647. The summed E-state index contributed by atoms with van der Waals surface area (Å²) in [5.41, 5.74) is 7.72. The molecule has 0 unspecified atom stereocenters. The van der Waals surface area contributed by atoms with Crippen LogP contribution in [0, 0.1) is 6.92 Å². The molecule has 1 aromatic heterocycles. The van der Waals surface area contributed by atoms with Gasteiger partial charge in [-0.3, -0.25) is 0 Å². The third-order valence-electron chi connectivity index (χ3n) is 3.03. The van der Waals surface area contributed by atoms with Gasteiger partial charge in [0.05, 0.1) is 12.8 Å². The fourth-order valence-corrected chi connectivity index (χ4v) is 1.92. The number of nitrogens with two attached hydrogens (primary N) is 1. The first kappa shape index (κ1) is 15.1. The Morgan fingerprint density at radius 1 is 1.14 bits per heavy atom. The Kier molecular flexibility index (Phi) is 4.02. The summed E-state index contributed by atoms with van der Waals surface area (Å²) >= 11 is 0. The van der Waals surface area contributed by atoms with Crippen LogP contribution >= 0.6 is 0 Å². The van der Waals surface area contributed by atoms with Gasteiger partial charge in [0.15, 0.2) is 0 Å². The van der Waals surface area contributed by atoms with E-state index >= 15 is 0 Å². The SMILES string of the molecule is COc1ccc(C)cc1Nc1cc(N)nc(C(C)(C)C)n1. The van der Waals surface area contributed by atoms with E-state index in [-0.39, 0.29) is 5.41 Å². The number of aromatic nitrogens is 2. The van der Waals surface area contributed by atoms with Crippen molar-refractivity contribution in [1.29, 1.82) is 0 Å². The van der Waals surface area contributed by atoms with Crippen LogP contribution in [0.2, 0.25) is 0 Å². The molecule has 21 heavy (non-hydrogen) atoms. The van der Waals surface area contributed by atoms with Crippen LogP contribution in [-0.4, -0.2) is 17.1 Å². The second-order valence-corrected chi connectivity index (χ2v) is 6.08. The second kappa shape index (κ2) is 5.60. The van der Waals surface area contributed by atoms with Gasteiger partial charge in [0.25, 0.3) is 0 Å². The van der Waals surface area contributed by atoms with E-state index in [1.54, 1.807) is 13.2 Å². The Hall–Kier alpha value is -2.30. The molecule has 0 aliphatic carbocycles. The van der Waals surface area contributed by atoms with Gasteiger partial charge in [-0.2, -0.15) is 0 Å². The van der Waals surface area contributed by atoms with Crippen LogP contribution < -0.4 is 15.8 Å². The minimum Gasteiger partial charge on any atom is -0.495 e. The summed E-state index contributed by atoms with van der Waals surface area (Å²) in [6.45, 7) is 8.19. The number of nitrogens with one attached hydrogen (secondary N) is 1. The zero-order valence-electron chi connectivity index (χ0n) is 13.2. The lowest BCUT2D eigenvalue weighted by molar-refractivity contribution is 0.416. The Morgan fingerprint density at radius 2 is 1.86 bits per heavy atom. The third-order valence-corrected chi connectivity index (χ3v) is 3.03. The summed E-state index contributed by atoms with van der Waals surface area (Å²) in [6.07, 6.45) is 0. The van der Waals surface area contributed by atoms with E-state index < -0.39 is 0 Å². The average Bonchev–Trinajstić information content (AvgIpc) is 2.37. The lowest BCUT2D eigenvalue weighted by atomic mass is 9.96. The number of nitrogen functional groups attached to an aromatic ring is 1. The van der Waals surface area contributed by atoms with Gasteiger partial charge in [0.2, 0.25) is 0 Å². The van der Waals surface area contributed by atoms with Crippen molar-refractivity contribution in [2.75, 3.05) is 18.2 Å². The monoisotopic (exact) mass is 286 g/mol. The highest BCUT2D eigenvalue weighted by molar-refractivity contribution is 5.66. The normalized spacial score (nSPS) is 11.3. The molecule has 0 radical (unpaired) electrons. The van der Waals surface area contributed by atoms with E-state index in [0.29, 0.717) is 17.5 Å². The number of benzene rings is 1.